The molecule has 0 unspecified atom stereocenters. The minimum Gasteiger partial charge on any atom is -0.395 e. The summed E-state index contributed by atoms with van der Waals surface area (Å²) in [7, 11) is -3.99. The molecule has 0 saturated heterocycles. The lowest BCUT2D eigenvalue weighted by molar-refractivity contribution is 0.251. The Morgan fingerprint density at radius 2 is 1.79 bits per heavy atom. The first kappa shape index (κ1) is 20.5. The number of pyridine rings is 1. The minimum atomic E-state index is -3.99. The van der Waals surface area contributed by atoms with Gasteiger partial charge in [-0.2, -0.15) is 4.31 Å². The summed E-state index contributed by atoms with van der Waals surface area (Å²) in [4.78, 5) is 15.3. The molecule has 0 fully saturated rings. The van der Waals surface area contributed by atoms with E-state index in [2.05, 4.69) is 4.98 Å². The largest absolute Gasteiger partial charge is 0.395 e. The predicted octanol–water partition coefficient (Wildman–Crippen LogP) is 2.98. The molecular weight excluding hydrogens is 400 g/mol. The van der Waals surface area contributed by atoms with Crippen LogP contribution in [0, 0.1) is 13.8 Å². The van der Waals surface area contributed by atoms with Gasteiger partial charge in [0.25, 0.3) is 5.56 Å². The first-order valence-electron chi connectivity index (χ1n) is 8.72. The number of aromatic nitrogens is 1. The summed E-state index contributed by atoms with van der Waals surface area (Å²) < 4.78 is 27.1. The number of benzene rings is 2. The Morgan fingerprint density at radius 3 is 2.46 bits per heavy atom. The molecule has 2 aromatic carbocycles. The molecule has 0 amide bonds. The highest BCUT2D eigenvalue weighted by molar-refractivity contribution is 7.89. The van der Waals surface area contributed by atoms with Crippen LogP contribution in [0.4, 0.5) is 0 Å². The Balaban J connectivity index is 2.06. The Hall–Kier alpha value is -2.19. The minimum absolute atomic E-state index is 0.0613. The summed E-state index contributed by atoms with van der Waals surface area (Å²) in [6.45, 7) is 3.22. The van der Waals surface area contributed by atoms with Gasteiger partial charge in [0.2, 0.25) is 10.0 Å². The molecule has 0 radical (unpaired) electrons. The highest BCUT2D eigenvalue weighted by Gasteiger charge is 2.27. The molecule has 2 N–H and O–H groups in total. The highest BCUT2D eigenvalue weighted by atomic mass is 35.5. The number of aryl methyl sites for hydroxylation is 2. The van der Waals surface area contributed by atoms with Crippen molar-refractivity contribution in [2.24, 2.45) is 0 Å². The van der Waals surface area contributed by atoms with Gasteiger partial charge < -0.3 is 10.1 Å². The number of hydrogen-bond acceptors (Lipinski definition) is 4. The molecule has 0 atom stereocenters. The predicted molar refractivity (Wildman–Crippen MR) is 110 cm³/mol. The number of rotatable bonds is 6. The number of hydrogen-bond donors (Lipinski definition) is 2. The van der Waals surface area contributed by atoms with Crippen molar-refractivity contribution in [1.29, 1.82) is 0 Å². The fraction of sp³-hybridized carbons (Fsp3) is 0.250. The molecule has 0 aliphatic heterocycles. The summed E-state index contributed by atoms with van der Waals surface area (Å²) >= 11 is 6.06. The lowest BCUT2D eigenvalue weighted by Crippen LogP contribution is -2.35. The van der Waals surface area contributed by atoms with E-state index in [1.54, 1.807) is 18.2 Å². The van der Waals surface area contributed by atoms with E-state index >= 15 is 0 Å². The molecule has 0 aliphatic carbocycles. The van der Waals surface area contributed by atoms with Crippen molar-refractivity contribution < 1.29 is 13.5 Å². The number of sulfonamides is 1. The van der Waals surface area contributed by atoms with Crippen LogP contribution in [0.25, 0.3) is 10.9 Å². The van der Waals surface area contributed by atoms with Gasteiger partial charge >= 0.3 is 0 Å². The van der Waals surface area contributed by atoms with Crippen molar-refractivity contribution in [3.8, 4) is 0 Å². The van der Waals surface area contributed by atoms with Gasteiger partial charge in [-0.15, -0.1) is 0 Å². The molecule has 3 aromatic rings. The number of nitrogens with zero attached hydrogens (tertiary/aromatic N) is 1. The van der Waals surface area contributed by atoms with E-state index in [1.807, 2.05) is 26.0 Å². The summed E-state index contributed by atoms with van der Waals surface area (Å²) in [5.74, 6) is 0. The molecule has 0 bridgehead atoms. The van der Waals surface area contributed by atoms with Crippen LogP contribution in [0.5, 0.6) is 0 Å². The van der Waals surface area contributed by atoms with Crippen LogP contribution >= 0.6 is 11.6 Å². The van der Waals surface area contributed by atoms with Crippen LogP contribution < -0.4 is 5.56 Å². The Bertz CT molecular complexity index is 1190. The molecule has 0 aliphatic rings. The number of halogens is 1. The van der Waals surface area contributed by atoms with E-state index in [-0.39, 0.29) is 35.2 Å². The molecule has 148 valence electrons. The van der Waals surface area contributed by atoms with Crippen LogP contribution in [-0.4, -0.2) is 36.0 Å². The molecule has 0 spiro atoms. The van der Waals surface area contributed by atoms with Crippen molar-refractivity contribution >= 4 is 32.5 Å². The van der Waals surface area contributed by atoms with Gasteiger partial charge in [-0.3, -0.25) is 4.79 Å². The Labute approximate surface area is 168 Å². The van der Waals surface area contributed by atoms with Crippen molar-refractivity contribution in [3.63, 3.8) is 0 Å². The fourth-order valence-corrected chi connectivity index (χ4v) is 4.92. The average Bonchev–Trinajstić information content (AvgIpc) is 2.63. The maximum absolute atomic E-state index is 13.0. The van der Waals surface area contributed by atoms with E-state index < -0.39 is 10.0 Å². The summed E-state index contributed by atoms with van der Waals surface area (Å²) in [5, 5.41) is 10.3. The molecule has 28 heavy (non-hydrogen) atoms. The zero-order chi connectivity index (χ0) is 20.5. The third-order valence-corrected chi connectivity index (χ3v) is 7.03. The van der Waals surface area contributed by atoms with E-state index in [1.165, 1.54) is 12.1 Å². The van der Waals surface area contributed by atoms with E-state index in [9.17, 15) is 18.3 Å². The molecule has 8 heteroatoms. The SMILES string of the molecule is Cc1cc2cc(CN(CCO)S(=O)(=O)c3ccccc3Cl)c(=O)[nH]c2cc1C. The Kier molecular flexibility index (Phi) is 5.90. The van der Waals surface area contributed by atoms with Crippen molar-refractivity contribution in [2.45, 2.75) is 25.3 Å². The van der Waals surface area contributed by atoms with Gasteiger partial charge in [0.15, 0.2) is 0 Å². The molecule has 6 nitrogen and oxygen atoms in total. The van der Waals surface area contributed by atoms with Gasteiger partial charge in [0.05, 0.1) is 11.6 Å². The van der Waals surface area contributed by atoms with Crippen LogP contribution in [-0.2, 0) is 16.6 Å². The topological polar surface area (TPSA) is 90.5 Å². The fourth-order valence-electron chi connectivity index (χ4n) is 3.02. The van der Waals surface area contributed by atoms with Crippen molar-refractivity contribution in [2.75, 3.05) is 13.2 Å². The maximum Gasteiger partial charge on any atom is 0.252 e. The number of aromatic amines is 1. The third-order valence-electron chi connectivity index (χ3n) is 4.69. The van der Waals surface area contributed by atoms with Gasteiger partial charge in [-0.25, -0.2) is 8.42 Å². The number of fused-ring (bicyclic) bond motifs is 1. The van der Waals surface area contributed by atoms with E-state index in [0.29, 0.717) is 11.1 Å². The van der Waals surface area contributed by atoms with Gasteiger partial charge in [0, 0.05) is 24.2 Å². The lowest BCUT2D eigenvalue weighted by Gasteiger charge is -2.22. The molecule has 1 heterocycles. The van der Waals surface area contributed by atoms with Crippen LogP contribution in [0.2, 0.25) is 5.02 Å². The molecule has 3 rings (SSSR count). The number of aliphatic hydroxyl groups is 1. The van der Waals surface area contributed by atoms with Crippen LogP contribution in [0.1, 0.15) is 16.7 Å². The van der Waals surface area contributed by atoms with Crippen molar-refractivity contribution in [1.82, 2.24) is 9.29 Å². The normalized spacial score (nSPS) is 12.0. The number of aliphatic hydroxyl groups excluding tert-OH is 1. The molecular formula is C20H21ClN2O4S. The maximum atomic E-state index is 13.0. The molecule has 0 saturated carbocycles. The van der Waals surface area contributed by atoms with Crippen molar-refractivity contribution in [3.05, 3.63) is 74.5 Å². The van der Waals surface area contributed by atoms with Gasteiger partial charge in [-0.1, -0.05) is 23.7 Å². The zero-order valence-electron chi connectivity index (χ0n) is 15.6. The summed E-state index contributed by atoms with van der Waals surface area (Å²) in [6, 6.07) is 11.6. The number of H-pyrrole nitrogens is 1. The summed E-state index contributed by atoms with van der Waals surface area (Å²) in [5.41, 5.74) is 2.74. The number of nitrogens with one attached hydrogen (secondary N) is 1. The van der Waals surface area contributed by atoms with Gasteiger partial charge in [0.1, 0.15) is 4.90 Å². The second-order valence-electron chi connectivity index (χ2n) is 6.64. The quantitative estimate of drug-likeness (QED) is 0.641. The smallest absolute Gasteiger partial charge is 0.252 e. The third kappa shape index (κ3) is 3.98. The zero-order valence-corrected chi connectivity index (χ0v) is 17.1. The van der Waals surface area contributed by atoms with Crippen LogP contribution in [0.3, 0.4) is 0 Å². The lowest BCUT2D eigenvalue weighted by atomic mass is 10.1. The van der Waals surface area contributed by atoms with Gasteiger partial charge in [-0.05, 0) is 60.7 Å². The molecule has 1 aromatic heterocycles. The highest BCUT2D eigenvalue weighted by Crippen LogP contribution is 2.25. The second-order valence-corrected chi connectivity index (χ2v) is 8.95. The average molecular weight is 421 g/mol. The standard InChI is InChI=1S/C20H21ClN2O4S/c1-13-9-15-11-16(20(25)22-18(15)10-14(13)2)12-23(7-8-24)28(26,27)19-6-4-3-5-17(19)21/h3-6,9-11,24H,7-8,12H2,1-2H3,(H,22,25). The van der Waals surface area contributed by atoms with Crippen LogP contribution in [0.15, 0.2) is 52.2 Å². The first-order valence-corrected chi connectivity index (χ1v) is 10.5. The monoisotopic (exact) mass is 420 g/mol. The second kappa shape index (κ2) is 8.05. The van der Waals surface area contributed by atoms with E-state index in [4.69, 9.17) is 11.6 Å². The van der Waals surface area contributed by atoms with E-state index in [0.717, 1.165) is 20.8 Å². The summed E-state index contributed by atoms with van der Waals surface area (Å²) in [6.07, 6.45) is 0. The Morgan fingerprint density at radius 1 is 1.11 bits per heavy atom. The first-order chi connectivity index (χ1) is 13.2.